The van der Waals surface area contributed by atoms with Gasteiger partial charge < -0.3 is 4.90 Å². The van der Waals surface area contributed by atoms with Gasteiger partial charge in [-0.25, -0.2) is 0 Å². The molecule has 0 saturated heterocycles. The highest BCUT2D eigenvalue weighted by atomic mass is 15.2. The van der Waals surface area contributed by atoms with E-state index in [0.717, 1.165) is 0 Å². The molecule has 0 aromatic carbocycles. The Morgan fingerprint density at radius 1 is 1.38 bits per heavy atom. The van der Waals surface area contributed by atoms with Crippen molar-refractivity contribution in [2.75, 3.05) is 18.0 Å². The molecule has 1 aromatic heterocycles. The molecule has 3 heterocycles. The fraction of sp³-hybridized carbons (Fsp3) is 0.643. The Bertz CT molecular complexity index is 425. The van der Waals surface area contributed by atoms with Crippen molar-refractivity contribution >= 4 is 5.69 Å². The van der Waals surface area contributed by atoms with E-state index in [-0.39, 0.29) is 0 Å². The molecule has 1 unspecified atom stereocenters. The fourth-order valence-corrected chi connectivity index (χ4v) is 3.18. The third-order valence-electron chi connectivity index (χ3n) is 4.59. The molecule has 3 rings (SSSR count). The van der Waals surface area contributed by atoms with Crippen LogP contribution >= 0.6 is 0 Å². The number of aryl methyl sites for hydroxylation is 1. The lowest BCUT2D eigenvalue weighted by atomic mass is 9.75. The minimum Gasteiger partial charge on any atom is -0.370 e. The molecule has 1 aromatic rings. The third kappa shape index (κ3) is 1.16. The van der Waals surface area contributed by atoms with Gasteiger partial charge in [0.1, 0.15) is 0 Å². The van der Waals surface area contributed by atoms with E-state index in [1.807, 2.05) is 0 Å². The Morgan fingerprint density at radius 3 is 2.94 bits per heavy atom. The highest BCUT2D eigenvalue weighted by molar-refractivity contribution is 5.67. The van der Waals surface area contributed by atoms with Gasteiger partial charge in [0.15, 0.2) is 0 Å². The lowest BCUT2D eigenvalue weighted by Gasteiger charge is -2.30. The zero-order valence-electron chi connectivity index (χ0n) is 10.5. The van der Waals surface area contributed by atoms with E-state index in [2.05, 4.69) is 43.0 Å². The Balaban J connectivity index is 2.19. The molecule has 2 aliphatic rings. The molecule has 0 aliphatic carbocycles. The van der Waals surface area contributed by atoms with Crippen LogP contribution in [0.2, 0.25) is 0 Å². The first-order chi connectivity index (χ1) is 7.63. The zero-order chi connectivity index (χ0) is 11.3. The summed E-state index contributed by atoms with van der Waals surface area (Å²) in [4.78, 5) is 7.03. The molecular formula is C14H20N2. The van der Waals surface area contributed by atoms with Gasteiger partial charge in [0.2, 0.25) is 0 Å². The number of aromatic nitrogens is 1. The van der Waals surface area contributed by atoms with Crippen LogP contribution in [0.15, 0.2) is 12.4 Å². The van der Waals surface area contributed by atoms with Crippen LogP contribution in [-0.2, 0) is 11.8 Å². The molecule has 0 amide bonds. The van der Waals surface area contributed by atoms with Crippen LogP contribution in [0.1, 0.15) is 38.3 Å². The van der Waals surface area contributed by atoms with E-state index >= 15 is 0 Å². The SMILES string of the molecule is CC(C)C1(C)CN2CCCc3cncc1c32. The standard InChI is InChI=1S/C14H20N2/c1-10(2)14(3)9-16-6-4-5-11-7-15-8-12(14)13(11)16/h7-8,10H,4-6,9H2,1-3H3. The van der Waals surface area contributed by atoms with E-state index in [9.17, 15) is 0 Å². The van der Waals surface area contributed by atoms with Crippen molar-refractivity contribution < 1.29 is 0 Å². The summed E-state index contributed by atoms with van der Waals surface area (Å²) in [5, 5.41) is 0. The smallest absolute Gasteiger partial charge is 0.0469 e. The molecule has 0 spiro atoms. The lowest BCUT2D eigenvalue weighted by molar-refractivity contribution is 0.358. The van der Waals surface area contributed by atoms with E-state index in [1.54, 1.807) is 0 Å². The predicted molar refractivity (Wildman–Crippen MR) is 67.0 cm³/mol. The number of pyridine rings is 1. The molecule has 0 saturated carbocycles. The average molecular weight is 216 g/mol. The normalized spacial score (nSPS) is 27.4. The first kappa shape index (κ1) is 10.1. The quantitative estimate of drug-likeness (QED) is 0.717. The fourth-order valence-electron chi connectivity index (χ4n) is 3.18. The summed E-state index contributed by atoms with van der Waals surface area (Å²) in [7, 11) is 0. The summed E-state index contributed by atoms with van der Waals surface area (Å²) < 4.78 is 0. The van der Waals surface area contributed by atoms with Crippen LogP contribution in [0, 0.1) is 5.92 Å². The monoisotopic (exact) mass is 216 g/mol. The van der Waals surface area contributed by atoms with E-state index < -0.39 is 0 Å². The van der Waals surface area contributed by atoms with Gasteiger partial charge in [0, 0.05) is 42.1 Å². The molecule has 86 valence electrons. The minimum absolute atomic E-state index is 0.294. The molecule has 0 N–H and O–H groups in total. The maximum atomic E-state index is 4.45. The van der Waals surface area contributed by atoms with Crippen LogP contribution in [0.3, 0.4) is 0 Å². The first-order valence-electron chi connectivity index (χ1n) is 6.35. The Hall–Kier alpha value is -1.05. The molecular weight excluding hydrogens is 196 g/mol. The number of hydrogen-bond acceptors (Lipinski definition) is 2. The van der Waals surface area contributed by atoms with Gasteiger partial charge in [-0.15, -0.1) is 0 Å². The maximum Gasteiger partial charge on any atom is 0.0469 e. The number of rotatable bonds is 1. The number of nitrogens with zero attached hydrogens (tertiary/aromatic N) is 2. The summed E-state index contributed by atoms with van der Waals surface area (Å²) in [6, 6.07) is 0. The van der Waals surface area contributed by atoms with Gasteiger partial charge in [-0.05, 0) is 24.3 Å². The summed E-state index contributed by atoms with van der Waals surface area (Å²) in [6.07, 6.45) is 6.66. The molecule has 2 aliphatic heterocycles. The predicted octanol–water partition coefficient (Wildman–Crippen LogP) is 2.76. The largest absolute Gasteiger partial charge is 0.370 e. The summed E-state index contributed by atoms with van der Waals surface area (Å²) in [5.41, 5.74) is 4.76. The molecule has 2 heteroatoms. The van der Waals surface area contributed by atoms with Gasteiger partial charge in [0.25, 0.3) is 0 Å². The van der Waals surface area contributed by atoms with Crippen molar-refractivity contribution in [3.05, 3.63) is 23.5 Å². The lowest BCUT2D eigenvalue weighted by Crippen LogP contribution is -2.36. The molecule has 0 bridgehead atoms. The highest BCUT2D eigenvalue weighted by Gasteiger charge is 2.43. The van der Waals surface area contributed by atoms with Gasteiger partial charge >= 0.3 is 0 Å². The Labute approximate surface area is 97.7 Å². The Kier molecular flexibility index (Phi) is 2.04. The Morgan fingerprint density at radius 2 is 2.19 bits per heavy atom. The van der Waals surface area contributed by atoms with E-state index in [0.29, 0.717) is 11.3 Å². The second-order valence-corrected chi connectivity index (χ2v) is 5.79. The van der Waals surface area contributed by atoms with Crippen LogP contribution in [0.4, 0.5) is 5.69 Å². The van der Waals surface area contributed by atoms with Crippen LogP contribution in [0.5, 0.6) is 0 Å². The average Bonchev–Trinajstić information content (AvgIpc) is 2.57. The molecule has 0 fully saturated rings. The van der Waals surface area contributed by atoms with Crippen LogP contribution in [0.25, 0.3) is 0 Å². The van der Waals surface area contributed by atoms with Crippen molar-refractivity contribution in [2.24, 2.45) is 5.92 Å². The van der Waals surface area contributed by atoms with Gasteiger partial charge in [-0.3, -0.25) is 4.98 Å². The van der Waals surface area contributed by atoms with Crippen LogP contribution in [-0.4, -0.2) is 18.1 Å². The maximum absolute atomic E-state index is 4.45. The topological polar surface area (TPSA) is 16.1 Å². The summed E-state index contributed by atoms with van der Waals surface area (Å²) in [6.45, 7) is 9.47. The van der Waals surface area contributed by atoms with Crippen molar-refractivity contribution in [3.8, 4) is 0 Å². The second kappa shape index (κ2) is 3.22. The minimum atomic E-state index is 0.294. The van der Waals surface area contributed by atoms with E-state index in [4.69, 9.17) is 0 Å². The first-order valence-corrected chi connectivity index (χ1v) is 6.35. The van der Waals surface area contributed by atoms with E-state index in [1.165, 1.54) is 42.7 Å². The van der Waals surface area contributed by atoms with Crippen molar-refractivity contribution in [1.82, 2.24) is 4.98 Å². The van der Waals surface area contributed by atoms with Crippen LogP contribution < -0.4 is 4.90 Å². The second-order valence-electron chi connectivity index (χ2n) is 5.79. The third-order valence-corrected chi connectivity index (χ3v) is 4.59. The van der Waals surface area contributed by atoms with Gasteiger partial charge in [-0.2, -0.15) is 0 Å². The van der Waals surface area contributed by atoms with Gasteiger partial charge in [-0.1, -0.05) is 20.8 Å². The molecule has 1 atom stereocenters. The highest BCUT2D eigenvalue weighted by Crippen LogP contribution is 2.47. The number of anilines is 1. The van der Waals surface area contributed by atoms with Crippen molar-refractivity contribution in [2.45, 2.75) is 39.0 Å². The molecule has 2 nitrogen and oxygen atoms in total. The van der Waals surface area contributed by atoms with Crippen molar-refractivity contribution in [1.29, 1.82) is 0 Å². The summed E-state index contributed by atoms with van der Waals surface area (Å²) in [5.74, 6) is 0.673. The zero-order valence-corrected chi connectivity index (χ0v) is 10.5. The van der Waals surface area contributed by atoms with Gasteiger partial charge in [0.05, 0.1) is 0 Å². The molecule has 0 radical (unpaired) electrons. The summed E-state index contributed by atoms with van der Waals surface area (Å²) >= 11 is 0. The molecule has 16 heavy (non-hydrogen) atoms. The number of hydrogen-bond donors (Lipinski definition) is 0. The van der Waals surface area contributed by atoms with Crippen molar-refractivity contribution in [3.63, 3.8) is 0 Å².